The van der Waals surface area contributed by atoms with Gasteiger partial charge in [0.2, 0.25) is 0 Å². The van der Waals surface area contributed by atoms with Crippen LogP contribution in [0.1, 0.15) is 48.1 Å². The Kier molecular flexibility index (Phi) is 7.59. The number of thiazole rings is 1. The highest BCUT2D eigenvalue weighted by Gasteiger charge is 2.36. The Bertz CT molecular complexity index is 449. The zero-order valence-electron chi connectivity index (χ0n) is 12.4. The number of aromatic nitrogens is 1. The Morgan fingerprint density at radius 1 is 1.57 bits per heavy atom. The van der Waals surface area contributed by atoms with Crippen molar-refractivity contribution in [2.45, 2.75) is 39.2 Å². The molecule has 1 aromatic rings. The van der Waals surface area contributed by atoms with Gasteiger partial charge in [0.1, 0.15) is 10.7 Å². The molecule has 3 N–H and O–H groups in total. The summed E-state index contributed by atoms with van der Waals surface area (Å²) < 4.78 is 5.44. The SMILES string of the molecule is CCOCCC1(CNC(=O)c2csc(CN)n2)CCC1.Cl. The van der Waals surface area contributed by atoms with Crippen molar-refractivity contribution in [2.75, 3.05) is 19.8 Å². The second-order valence-electron chi connectivity index (χ2n) is 5.31. The molecule has 7 heteroatoms. The number of amides is 1. The molecule has 0 aromatic carbocycles. The van der Waals surface area contributed by atoms with Crippen molar-refractivity contribution >= 4 is 29.7 Å². The fraction of sp³-hybridized carbons (Fsp3) is 0.714. The Labute approximate surface area is 136 Å². The molecule has 0 atom stereocenters. The number of ether oxygens (including phenoxy) is 1. The van der Waals surface area contributed by atoms with E-state index in [1.807, 2.05) is 6.92 Å². The predicted octanol–water partition coefficient (Wildman–Crippen LogP) is 2.35. The van der Waals surface area contributed by atoms with Crippen LogP contribution in [0.5, 0.6) is 0 Å². The monoisotopic (exact) mass is 333 g/mol. The number of hydrogen-bond acceptors (Lipinski definition) is 5. The van der Waals surface area contributed by atoms with Crippen LogP contribution in [-0.2, 0) is 11.3 Å². The van der Waals surface area contributed by atoms with Crippen LogP contribution in [0.2, 0.25) is 0 Å². The van der Waals surface area contributed by atoms with Gasteiger partial charge < -0.3 is 15.8 Å². The smallest absolute Gasteiger partial charge is 0.270 e. The van der Waals surface area contributed by atoms with Crippen LogP contribution in [0, 0.1) is 5.41 Å². The summed E-state index contributed by atoms with van der Waals surface area (Å²) in [5.74, 6) is -0.0939. The van der Waals surface area contributed by atoms with E-state index >= 15 is 0 Å². The average Bonchev–Trinajstić information content (AvgIpc) is 2.89. The van der Waals surface area contributed by atoms with Crippen LogP contribution in [0.4, 0.5) is 0 Å². The highest BCUT2D eigenvalue weighted by atomic mass is 35.5. The number of nitrogens with one attached hydrogen (secondary N) is 1. The van der Waals surface area contributed by atoms with E-state index in [2.05, 4.69) is 10.3 Å². The summed E-state index contributed by atoms with van der Waals surface area (Å²) in [6.45, 7) is 4.64. The summed E-state index contributed by atoms with van der Waals surface area (Å²) in [7, 11) is 0. The number of hydrogen-bond donors (Lipinski definition) is 2. The minimum absolute atomic E-state index is 0. The van der Waals surface area contributed by atoms with Gasteiger partial charge in [-0.1, -0.05) is 6.42 Å². The van der Waals surface area contributed by atoms with E-state index in [1.165, 1.54) is 30.6 Å². The third-order valence-electron chi connectivity index (χ3n) is 3.98. The molecule has 5 nitrogen and oxygen atoms in total. The molecule has 1 amide bonds. The number of nitrogens with zero attached hydrogens (tertiary/aromatic N) is 1. The van der Waals surface area contributed by atoms with Gasteiger partial charge in [0.25, 0.3) is 5.91 Å². The van der Waals surface area contributed by atoms with Crippen molar-refractivity contribution in [3.8, 4) is 0 Å². The van der Waals surface area contributed by atoms with Gasteiger partial charge in [-0.05, 0) is 31.6 Å². The van der Waals surface area contributed by atoms with E-state index in [0.717, 1.165) is 24.6 Å². The first-order chi connectivity index (χ1) is 9.69. The van der Waals surface area contributed by atoms with Gasteiger partial charge in [-0.2, -0.15) is 0 Å². The first kappa shape index (κ1) is 18.4. The van der Waals surface area contributed by atoms with E-state index in [4.69, 9.17) is 10.5 Å². The molecule has 0 aliphatic heterocycles. The highest BCUT2D eigenvalue weighted by molar-refractivity contribution is 7.09. The number of nitrogens with two attached hydrogens (primary N) is 1. The molecule has 120 valence electrons. The maximum Gasteiger partial charge on any atom is 0.270 e. The fourth-order valence-electron chi connectivity index (χ4n) is 2.49. The molecule has 0 unspecified atom stereocenters. The van der Waals surface area contributed by atoms with Gasteiger partial charge in [-0.15, -0.1) is 23.7 Å². The van der Waals surface area contributed by atoms with Gasteiger partial charge in [-0.25, -0.2) is 4.98 Å². The molecule has 0 radical (unpaired) electrons. The Morgan fingerprint density at radius 3 is 2.86 bits per heavy atom. The van der Waals surface area contributed by atoms with E-state index in [9.17, 15) is 4.79 Å². The highest BCUT2D eigenvalue weighted by Crippen LogP contribution is 2.43. The largest absolute Gasteiger partial charge is 0.382 e. The van der Waals surface area contributed by atoms with Crippen LogP contribution in [0.15, 0.2) is 5.38 Å². The molecule has 1 aromatic heterocycles. The fourth-order valence-corrected chi connectivity index (χ4v) is 3.15. The summed E-state index contributed by atoms with van der Waals surface area (Å²) in [5, 5.41) is 5.58. The maximum absolute atomic E-state index is 12.1. The van der Waals surface area contributed by atoms with Gasteiger partial charge in [0, 0.05) is 31.7 Å². The van der Waals surface area contributed by atoms with Crippen LogP contribution < -0.4 is 11.1 Å². The lowest BCUT2D eigenvalue weighted by Gasteiger charge is -2.42. The van der Waals surface area contributed by atoms with E-state index < -0.39 is 0 Å². The average molecular weight is 334 g/mol. The lowest BCUT2D eigenvalue weighted by Crippen LogP contribution is -2.43. The van der Waals surface area contributed by atoms with Gasteiger partial charge in [0.05, 0.1) is 0 Å². The standard InChI is InChI=1S/C14H23N3O2S.ClH/c1-2-19-7-6-14(4-3-5-14)10-16-13(18)11-9-20-12(8-15)17-11;/h9H,2-8,10,15H2,1H3,(H,16,18);1H. The Hall–Kier alpha value is -0.690. The number of halogens is 1. The summed E-state index contributed by atoms with van der Waals surface area (Å²) in [6, 6.07) is 0. The summed E-state index contributed by atoms with van der Waals surface area (Å²) in [5.41, 5.74) is 6.22. The molecule has 1 aliphatic carbocycles. The Balaban J connectivity index is 0.00000220. The van der Waals surface area contributed by atoms with Gasteiger partial charge in [-0.3, -0.25) is 4.79 Å². The second kappa shape index (κ2) is 8.68. The molecule has 1 fully saturated rings. The molecular weight excluding hydrogens is 310 g/mol. The van der Waals surface area contributed by atoms with Crippen molar-refractivity contribution in [2.24, 2.45) is 11.1 Å². The molecule has 1 aliphatic rings. The maximum atomic E-state index is 12.1. The molecular formula is C14H24ClN3O2S. The third-order valence-corrected chi connectivity index (χ3v) is 4.85. The van der Waals surface area contributed by atoms with Gasteiger partial charge in [0.15, 0.2) is 0 Å². The van der Waals surface area contributed by atoms with Crippen molar-refractivity contribution in [1.82, 2.24) is 10.3 Å². The zero-order chi connectivity index (χ0) is 14.4. The normalized spacial score (nSPS) is 15.9. The lowest BCUT2D eigenvalue weighted by atomic mass is 9.67. The molecule has 0 spiro atoms. The number of carbonyl (C=O) groups is 1. The van der Waals surface area contributed by atoms with Crippen molar-refractivity contribution in [3.05, 3.63) is 16.1 Å². The summed E-state index contributed by atoms with van der Waals surface area (Å²) in [4.78, 5) is 16.3. The summed E-state index contributed by atoms with van der Waals surface area (Å²) in [6.07, 6.45) is 4.61. The number of rotatable bonds is 8. The van der Waals surface area contributed by atoms with E-state index in [1.54, 1.807) is 5.38 Å². The lowest BCUT2D eigenvalue weighted by molar-refractivity contribution is 0.0512. The molecule has 0 saturated heterocycles. The number of carbonyl (C=O) groups excluding carboxylic acids is 1. The predicted molar refractivity (Wildman–Crippen MR) is 87.0 cm³/mol. The minimum atomic E-state index is -0.0939. The quantitative estimate of drug-likeness (QED) is 0.716. The molecule has 1 heterocycles. The zero-order valence-corrected chi connectivity index (χ0v) is 14.0. The van der Waals surface area contributed by atoms with Crippen LogP contribution in [0.25, 0.3) is 0 Å². The minimum Gasteiger partial charge on any atom is -0.382 e. The first-order valence-electron chi connectivity index (χ1n) is 7.19. The second-order valence-corrected chi connectivity index (χ2v) is 6.26. The van der Waals surface area contributed by atoms with Crippen molar-refractivity contribution in [3.63, 3.8) is 0 Å². The topological polar surface area (TPSA) is 77.2 Å². The first-order valence-corrected chi connectivity index (χ1v) is 8.07. The van der Waals surface area contributed by atoms with Crippen LogP contribution in [-0.4, -0.2) is 30.6 Å². The van der Waals surface area contributed by atoms with Gasteiger partial charge >= 0.3 is 0 Å². The Morgan fingerprint density at radius 2 is 2.33 bits per heavy atom. The third kappa shape index (κ3) is 4.92. The van der Waals surface area contributed by atoms with Crippen LogP contribution in [0.3, 0.4) is 0 Å². The van der Waals surface area contributed by atoms with Crippen LogP contribution >= 0.6 is 23.7 Å². The molecule has 1 saturated carbocycles. The van der Waals surface area contributed by atoms with Crippen molar-refractivity contribution in [1.29, 1.82) is 0 Å². The molecule has 0 bridgehead atoms. The van der Waals surface area contributed by atoms with E-state index in [-0.39, 0.29) is 23.7 Å². The van der Waals surface area contributed by atoms with E-state index in [0.29, 0.717) is 18.8 Å². The summed E-state index contributed by atoms with van der Waals surface area (Å²) >= 11 is 1.43. The van der Waals surface area contributed by atoms with Crippen molar-refractivity contribution < 1.29 is 9.53 Å². The molecule has 2 rings (SSSR count). The molecule has 21 heavy (non-hydrogen) atoms.